The van der Waals surface area contributed by atoms with E-state index >= 15 is 0 Å². The molecule has 0 unspecified atom stereocenters. The van der Waals surface area contributed by atoms with Crippen molar-refractivity contribution in [2.24, 2.45) is 5.10 Å². The van der Waals surface area contributed by atoms with Gasteiger partial charge >= 0.3 is 0 Å². The van der Waals surface area contributed by atoms with Gasteiger partial charge in [0.05, 0.1) is 18.9 Å². The zero-order chi connectivity index (χ0) is 21.7. The molecule has 1 atom stereocenters. The number of carbonyl (C=O) groups is 2. The highest BCUT2D eigenvalue weighted by atomic mass is 19.1. The molecular formula is C22H24FN3O4. The summed E-state index contributed by atoms with van der Waals surface area (Å²) in [4.78, 5) is 26.3. The minimum atomic E-state index is -0.398. The lowest BCUT2D eigenvalue weighted by molar-refractivity contribution is -0.142. The average Bonchev–Trinajstić information content (AvgIpc) is 3.20. The molecule has 0 radical (unpaired) electrons. The van der Waals surface area contributed by atoms with E-state index in [0.717, 1.165) is 11.1 Å². The minimum absolute atomic E-state index is 0.108. The topological polar surface area (TPSA) is 71.4 Å². The first kappa shape index (κ1) is 21.4. The minimum Gasteiger partial charge on any atom is -0.497 e. The van der Waals surface area contributed by atoms with Crippen molar-refractivity contribution in [2.75, 3.05) is 34.4 Å². The van der Waals surface area contributed by atoms with Crippen LogP contribution in [0.25, 0.3) is 0 Å². The normalized spacial score (nSPS) is 15.7. The number of carbonyl (C=O) groups excluding carboxylic acids is 2. The Bertz CT molecular complexity index is 946. The molecule has 3 rings (SSSR count). The van der Waals surface area contributed by atoms with Crippen LogP contribution >= 0.6 is 0 Å². The zero-order valence-corrected chi connectivity index (χ0v) is 17.2. The van der Waals surface area contributed by atoms with Gasteiger partial charge in [-0.1, -0.05) is 24.3 Å². The Labute approximate surface area is 174 Å². The van der Waals surface area contributed by atoms with Crippen molar-refractivity contribution in [2.45, 2.75) is 12.5 Å². The highest BCUT2D eigenvalue weighted by molar-refractivity contribution is 6.03. The fourth-order valence-electron chi connectivity index (χ4n) is 3.26. The van der Waals surface area contributed by atoms with Crippen molar-refractivity contribution in [1.29, 1.82) is 0 Å². The average molecular weight is 413 g/mol. The predicted octanol–water partition coefficient (Wildman–Crippen LogP) is 2.62. The summed E-state index contributed by atoms with van der Waals surface area (Å²) in [6.07, 6.45) is 0.459. The van der Waals surface area contributed by atoms with Gasteiger partial charge in [0.25, 0.3) is 5.91 Å². The Balaban J connectivity index is 1.89. The smallest absolute Gasteiger partial charge is 0.262 e. The Morgan fingerprint density at radius 2 is 1.93 bits per heavy atom. The Morgan fingerprint density at radius 1 is 1.20 bits per heavy atom. The molecule has 0 N–H and O–H groups in total. The van der Waals surface area contributed by atoms with E-state index in [2.05, 4.69) is 5.10 Å². The molecule has 0 aromatic heterocycles. The molecule has 0 saturated carbocycles. The first-order valence-electron chi connectivity index (χ1n) is 9.45. The van der Waals surface area contributed by atoms with Crippen molar-refractivity contribution < 1.29 is 23.5 Å². The summed E-state index contributed by atoms with van der Waals surface area (Å²) in [6, 6.07) is 13.0. The summed E-state index contributed by atoms with van der Waals surface area (Å²) in [6.45, 7) is -0.252. The van der Waals surface area contributed by atoms with Crippen LogP contribution in [0.1, 0.15) is 23.6 Å². The molecule has 7 nitrogen and oxygen atoms in total. The van der Waals surface area contributed by atoms with Crippen LogP contribution < -0.4 is 4.74 Å². The molecule has 1 aliphatic heterocycles. The molecular weight excluding hydrogens is 389 g/mol. The molecule has 2 amide bonds. The van der Waals surface area contributed by atoms with Crippen molar-refractivity contribution in [3.63, 3.8) is 0 Å². The number of halogens is 1. The maximum Gasteiger partial charge on any atom is 0.262 e. The number of nitrogens with zero attached hydrogens (tertiary/aromatic N) is 3. The van der Waals surface area contributed by atoms with Crippen LogP contribution in [0.3, 0.4) is 0 Å². The number of likely N-dealkylation sites (N-methyl/N-ethyl adjacent to an activating group) is 1. The number of hydrogen-bond acceptors (Lipinski definition) is 5. The Kier molecular flexibility index (Phi) is 6.79. The largest absolute Gasteiger partial charge is 0.497 e. The van der Waals surface area contributed by atoms with Gasteiger partial charge in [-0.2, -0.15) is 5.10 Å². The van der Waals surface area contributed by atoms with Crippen LogP contribution in [0, 0.1) is 5.82 Å². The number of ether oxygens (including phenoxy) is 2. The highest BCUT2D eigenvalue weighted by Crippen LogP contribution is 2.33. The number of rotatable bonds is 7. The van der Waals surface area contributed by atoms with Gasteiger partial charge in [-0.05, 0) is 29.8 Å². The molecule has 0 saturated heterocycles. The third kappa shape index (κ3) is 4.83. The van der Waals surface area contributed by atoms with Crippen LogP contribution in [-0.4, -0.2) is 61.9 Å². The van der Waals surface area contributed by atoms with E-state index in [4.69, 9.17) is 9.47 Å². The van der Waals surface area contributed by atoms with Crippen LogP contribution in [-0.2, 0) is 14.3 Å². The van der Waals surface area contributed by atoms with Crippen molar-refractivity contribution in [3.8, 4) is 5.75 Å². The second-order valence-corrected chi connectivity index (χ2v) is 6.97. The molecule has 2 aromatic rings. The molecule has 0 aliphatic carbocycles. The SMILES string of the molecule is COCC(=O)N(C)CC(=O)N1N=C(c2cccc(OC)c2)C[C@H]1c1ccc(F)cc1. The lowest BCUT2D eigenvalue weighted by Gasteiger charge is -2.24. The Morgan fingerprint density at radius 3 is 2.60 bits per heavy atom. The number of methoxy groups -OCH3 is 2. The van der Waals surface area contributed by atoms with Gasteiger partial charge in [-0.15, -0.1) is 0 Å². The zero-order valence-electron chi connectivity index (χ0n) is 17.2. The number of amides is 2. The summed E-state index contributed by atoms with van der Waals surface area (Å²) in [5, 5.41) is 5.93. The predicted molar refractivity (Wildman–Crippen MR) is 110 cm³/mol. The summed E-state index contributed by atoms with van der Waals surface area (Å²) >= 11 is 0. The second-order valence-electron chi connectivity index (χ2n) is 6.97. The molecule has 1 aliphatic rings. The van der Waals surface area contributed by atoms with E-state index in [1.54, 1.807) is 19.2 Å². The quantitative estimate of drug-likeness (QED) is 0.700. The number of hydrogen-bond donors (Lipinski definition) is 0. The van der Waals surface area contributed by atoms with Gasteiger partial charge in [0.15, 0.2) is 0 Å². The van der Waals surface area contributed by atoms with Crippen molar-refractivity contribution >= 4 is 17.5 Å². The van der Waals surface area contributed by atoms with E-state index in [1.807, 2.05) is 24.3 Å². The lowest BCUT2D eigenvalue weighted by atomic mass is 9.98. The standard InChI is InChI=1S/C22H24FN3O4/c1-25(22(28)14-29-2)13-21(27)26-20(15-7-9-17(23)10-8-15)12-19(24-26)16-5-4-6-18(11-16)30-3/h4-11,20H,12-14H2,1-3H3/t20-/m0/s1. The van der Waals surface area contributed by atoms with Crippen LogP contribution in [0.15, 0.2) is 53.6 Å². The van der Waals surface area contributed by atoms with Gasteiger partial charge in [0.2, 0.25) is 5.91 Å². The van der Waals surface area contributed by atoms with Gasteiger partial charge < -0.3 is 14.4 Å². The molecule has 0 spiro atoms. The van der Waals surface area contributed by atoms with Crippen molar-refractivity contribution in [1.82, 2.24) is 9.91 Å². The van der Waals surface area contributed by atoms with E-state index in [1.165, 1.54) is 36.2 Å². The van der Waals surface area contributed by atoms with E-state index in [9.17, 15) is 14.0 Å². The second kappa shape index (κ2) is 9.49. The third-order valence-corrected chi connectivity index (χ3v) is 4.89. The molecule has 30 heavy (non-hydrogen) atoms. The van der Waals surface area contributed by atoms with Crippen LogP contribution in [0.2, 0.25) is 0 Å². The number of hydrazone groups is 1. The van der Waals surface area contributed by atoms with E-state index in [0.29, 0.717) is 17.9 Å². The summed E-state index contributed by atoms with van der Waals surface area (Å²) < 4.78 is 23.5. The third-order valence-electron chi connectivity index (χ3n) is 4.89. The number of benzene rings is 2. The summed E-state index contributed by atoms with van der Waals surface area (Å²) in [5.41, 5.74) is 2.31. The monoisotopic (exact) mass is 413 g/mol. The van der Waals surface area contributed by atoms with Crippen LogP contribution in [0.5, 0.6) is 5.75 Å². The molecule has 0 fully saturated rings. The molecule has 0 bridgehead atoms. The first-order chi connectivity index (χ1) is 14.4. The fourth-order valence-corrected chi connectivity index (χ4v) is 3.26. The molecule has 8 heteroatoms. The summed E-state index contributed by atoms with van der Waals surface area (Å²) in [7, 11) is 4.54. The van der Waals surface area contributed by atoms with E-state index in [-0.39, 0.29) is 30.8 Å². The summed E-state index contributed by atoms with van der Waals surface area (Å²) in [5.74, 6) is -0.314. The molecule has 1 heterocycles. The maximum atomic E-state index is 13.4. The fraction of sp³-hybridized carbons (Fsp3) is 0.318. The molecule has 158 valence electrons. The van der Waals surface area contributed by atoms with Gasteiger partial charge in [0.1, 0.15) is 24.7 Å². The van der Waals surface area contributed by atoms with Crippen LogP contribution in [0.4, 0.5) is 4.39 Å². The lowest BCUT2D eigenvalue weighted by Crippen LogP contribution is -2.40. The van der Waals surface area contributed by atoms with Gasteiger partial charge in [-0.25, -0.2) is 9.40 Å². The van der Waals surface area contributed by atoms with E-state index < -0.39 is 6.04 Å². The maximum absolute atomic E-state index is 13.4. The van der Waals surface area contributed by atoms with Crippen molar-refractivity contribution in [3.05, 3.63) is 65.5 Å². The highest BCUT2D eigenvalue weighted by Gasteiger charge is 2.34. The first-order valence-corrected chi connectivity index (χ1v) is 9.45. The Hall–Kier alpha value is -3.26. The van der Waals surface area contributed by atoms with Gasteiger partial charge in [-0.3, -0.25) is 9.59 Å². The molecule has 2 aromatic carbocycles. The van der Waals surface area contributed by atoms with Gasteiger partial charge in [0, 0.05) is 26.1 Å².